The van der Waals surface area contributed by atoms with E-state index < -0.39 is 0 Å². The smallest absolute Gasteiger partial charge is 0.220 e. The summed E-state index contributed by atoms with van der Waals surface area (Å²) < 4.78 is 0. The summed E-state index contributed by atoms with van der Waals surface area (Å²) in [4.78, 5) is 24.5. The van der Waals surface area contributed by atoms with Crippen molar-refractivity contribution in [3.8, 4) is 0 Å². The van der Waals surface area contributed by atoms with E-state index in [2.05, 4.69) is 34.9 Å². The van der Waals surface area contributed by atoms with Crippen LogP contribution in [0.3, 0.4) is 0 Å². The highest BCUT2D eigenvalue weighted by Gasteiger charge is 2.25. The molecule has 0 saturated heterocycles. The molecular formula is C22H34N2O2. The third-order valence-electron chi connectivity index (χ3n) is 6.06. The van der Waals surface area contributed by atoms with Gasteiger partial charge in [0.2, 0.25) is 11.8 Å². The average molecular weight is 359 g/mol. The number of carbonyl (C=O) groups excluding carboxylic acids is 2. The zero-order valence-corrected chi connectivity index (χ0v) is 15.9. The molecule has 0 spiro atoms. The quantitative estimate of drug-likeness (QED) is 0.705. The van der Waals surface area contributed by atoms with E-state index in [0.29, 0.717) is 24.7 Å². The molecule has 26 heavy (non-hydrogen) atoms. The molecule has 0 aliphatic heterocycles. The van der Waals surface area contributed by atoms with E-state index in [1.807, 2.05) is 0 Å². The molecule has 1 saturated carbocycles. The highest BCUT2D eigenvalue weighted by molar-refractivity contribution is 5.77. The third-order valence-corrected chi connectivity index (χ3v) is 6.06. The predicted octanol–water partition coefficient (Wildman–Crippen LogP) is 4.02. The van der Waals surface area contributed by atoms with Crippen LogP contribution in [0, 0.1) is 11.8 Å². The zero-order chi connectivity index (χ0) is 18.2. The molecule has 2 N–H and O–H groups in total. The summed E-state index contributed by atoms with van der Waals surface area (Å²) in [5.41, 5.74) is 0. The van der Waals surface area contributed by atoms with Gasteiger partial charge in [-0.1, -0.05) is 24.3 Å². The fourth-order valence-electron chi connectivity index (χ4n) is 4.54. The largest absolute Gasteiger partial charge is 0.353 e. The molecule has 3 rings (SSSR count). The normalized spacial score (nSPS) is 31.4. The Morgan fingerprint density at radius 1 is 0.692 bits per heavy atom. The minimum absolute atomic E-state index is 0.193. The van der Waals surface area contributed by atoms with Gasteiger partial charge in [0, 0.05) is 24.9 Å². The summed E-state index contributed by atoms with van der Waals surface area (Å²) in [7, 11) is 0. The maximum atomic E-state index is 12.2. The van der Waals surface area contributed by atoms with Gasteiger partial charge in [0.1, 0.15) is 0 Å². The van der Waals surface area contributed by atoms with Crippen molar-refractivity contribution in [1.82, 2.24) is 10.6 Å². The molecule has 2 amide bonds. The Bertz CT molecular complexity index is 484. The predicted molar refractivity (Wildman–Crippen MR) is 105 cm³/mol. The second-order valence-electron chi connectivity index (χ2n) is 8.33. The van der Waals surface area contributed by atoms with Gasteiger partial charge in [-0.25, -0.2) is 0 Å². The van der Waals surface area contributed by atoms with Gasteiger partial charge in [-0.3, -0.25) is 9.59 Å². The van der Waals surface area contributed by atoms with Gasteiger partial charge in [0.15, 0.2) is 0 Å². The second-order valence-corrected chi connectivity index (χ2v) is 8.33. The number of carbonyl (C=O) groups is 2. The molecule has 0 aromatic heterocycles. The lowest BCUT2D eigenvalue weighted by Crippen LogP contribution is -2.44. The van der Waals surface area contributed by atoms with Crippen LogP contribution in [-0.4, -0.2) is 23.9 Å². The van der Waals surface area contributed by atoms with E-state index in [1.165, 1.54) is 12.8 Å². The first kappa shape index (κ1) is 19.2. The Hall–Kier alpha value is -1.58. The highest BCUT2D eigenvalue weighted by atomic mass is 16.2. The van der Waals surface area contributed by atoms with Gasteiger partial charge in [-0.15, -0.1) is 0 Å². The maximum Gasteiger partial charge on any atom is 0.220 e. The van der Waals surface area contributed by atoms with E-state index in [4.69, 9.17) is 0 Å². The summed E-state index contributed by atoms with van der Waals surface area (Å²) in [5, 5.41) is 6.42. The van der Waals surface area contributed by atoms with Crippen molar-refractivity contribution in [2.24, 2.45) is 11.8 Å². The molecule has 0 aromatic rings. The summed E-state index contributed by atoms with van der Waals surface area (Å²) in [6.45, 7) is 0. The number of hydrogen-bond acceptors (Lipinski definition) is 2. The fourth-order valence-corrected chi connectivity index (χ4v) is 4.54. The Balaban J connectivity index is 1.32. The van der Waals surface area contributed by atoms with Gasteiger partial charge in [-0.05, 0) is 76.0 Å². The Morgan fingerprint density at radius 3 is 1.46 bits per heavy atom. The molecular weight excluding hydrogens is 324 g/mol. The van der Waals surface area contributed by atoms with Crippen molar-refractivity contribution in [2.75, 3.05) is 0 Å². The van der Waals surface area contributed by atoms with E-state index >= 15 is 0 Å². The van der Waals surface area contributed by atoms with Crippen LogP contribution in [-0.2, 0) is 9.59 Å². The van der Waals surface area contributed by atoms with Crippen LogP contribution >= 0.6 is 0 Å². The van der Waals surface area contributed by atoms with Crippen LogP contribution in [0.25, 0.3) is 0 Å². The second kappa shape index (κ2) is 9.94. The van der Waals surface area contributed by atoms with E-state index in [1.54, 1.807) is 0 Å². The number of amides is 2. The van der Waals surface area contributed by atoms with Gasteiger partial charge >= 0.3 is 0 Å². The Morgan fingerprint density at radius 2 is 1.12 bits per heavy atom. The minimum Gasteiger partial charge on any atom is -0.353 e. The summed E-state index contributed by atoms with van der Waals surface area (Å²) in [6, 6.07) is 0.564. The number of hydrogen-bond donors (Lipinski definition) is 2. The lowest BCUT2D eigenvalue weighted by molar-refractivity contribution is -0.124. The Labute approximate surface area is 157 Å². The van der Waals surface area contributed by atoms with Crippen molar-refractivity contribution < 1.29 is 9.59 Å². The fraction of sp³-hybridized carbons (Fsp3) is 0.727. The number of rotatable bonds is 6. The summed E-state index contributed by atoms with van der Waals surface area (Å²) in [6.07, 6.45) is 21.0. The molecule has 3 aliphatic rings. The summed E-state index contributed by atoms with van der Waals surface area (Å²) in [5.74, 6) is 1.23. The van der Waals surface area contributed by atoms with Crippen LogP contribution in [0.2, 0.25) is 0 Å². The first-order valence-corrected chi connectivity index (χ1v) is 10.6. The third kappa shape index (κ3) is 6.30. The number of allylic oxidation sites excluding steroid dienone is 4. The first-order valence-electron chi connectivity index (χ1n) is 10.6. The van der Waals surface area contributed by atoms with Crippen LogP contribution in [0.5, 0.6) is 0 Å². The van der Waals surface area contributed by atoms with Gasteiger partial charge in [0.25, 0.3) is 0 Å². The minimum atomic E-state index is 0.193. The molecule has 2 atom stereocenters. The molecule has 1 fully saturated rings. The molecule has 0 aromatic carbocycles. The van der Waals surface area contributed by atoms with Gasteiger partial charge < -0.3 is 10.6 Å². The van der Waals surface area contributed by atoms with Crippen molar-refractivity contribution in [3.05, 3.63) is 24.3 Å². The van der Waals surface area contributed by atoms with Crippen LogP contribution < -0.4 is 10.6 Å². The van der Waals surface area contributed by atoms with E-state index in [-0.39, 0.29) is 23.9 Å². The van der Waals surface area contributed by atoms with Crippen molar-refractivity contribution in [3.63, 3.8) is 0 Å². The average Bonchev–Trinajstić information content (AvgIpc) is 2.65. The van der Waals surface area contributed by atoms with E-state index in [0.717, 1.165) is 51.4 Å². The Kier molecular flexibility index (Phi) is 7.33. The number of nitrogens with one attached hydrogen (secondary N) is 2. The molecule has 144 valence electrons. The molecule has 0 heterocycles. The lowest BCUT2D eigenvalue weighted by Gasteiger charge is -2.30. The van der Waals surface area contributed by atoms with Crippen molar-refractivity contribution >= 4 is 11.8 Å². The van der Waals surface area contributed by atoms with Gasteiger partial charge in [0.05, 0.1) is 0 Å². The zero-order valence-electron chi connectivity index (χ0n) is 15.9. The first-order chi connectivity index (χ1) is 12.7. The molecule has 0 bridgehead atoms. The van der Waals surface area contributed by atoms with E-state index in [9.17, 15) is 9.59 Å². The van der Waals surface area contributed by atoms with Crippen LogP contribution in [0.4, 0.5) is 0 Å². The van der Waals surface area contributed by atoms with Gasteiger partial charge in [-0.2, -0.15) is 0 Å². The van der Waals surface area contributed by atoms with Crippen LogP contribution in [0.15, 0.2) is 24.3 Å². The molecule has 0 radical (unpaired) electrons. The summed E-state index contributed by atoms with van der Waals surface area (Å²) >= 11 is 0. The lowest BCUT2D eigenvalue weighted by atomic mass is 9.89. The SMILES string of the molecule is O=C(CC1C=CCCC1)NC1CCC(NC(=O)CC2C=CCCC2)CC1. The van der Waals surface area contributed by atoms with Crippen molar-refractivity contribution in [1.29, 1.82) is 0 Å². The molecule has 4 nitrogen and oxygen atoms in total. The van der Waals surface area contributed by atoms with Crippen LogP contribution in [0.1, 0.15) is 77.0 Å². The monoisotopic (exact) mass is 358 g/mol. The molecule has 4 heteroatoms. The maximum absolute atomic E-state index is 12.2. The molecule has 2 unspecified atom stereocenters. The van der Waals surface area contributed by atoms with Crippen molar-refractivity contribution in [2.45, 2.75) is 89.1 Å². The topological polar surface area (TPSA) is 58.2 Å². The molecule has 3 aliphatic carbocycles. The standard InChI is InChI=1S/C22H34N2O2/c25-21(15-17-7-3-1-4-8-17)23-19-11-13-20(14-12-19)24-22(26)16-18-9-5-2-6-10-18/h3,5,7,9,17-20H,1-2,4,6,8,10-16H2,(H,23,25)(H,24,26). The highest BCUT2D eigenvalue weighted by Crippen LogP contribution is 2.23.